The highest BCUT2D eigenvalue weighted by molar-refractivity contribution is 6.31. The van der Waals surface area contributed by atoms with Crippen LogP contribution in [0.4, 0.5) is 15.3 Å². The van der Waals surface area contributed by atoms with Gasteiger partial charge in [-0.15, -0.1) is 0 Å². The number of nitrogens with zero attached hydrogens (tertiary/aromatic N) is 2. The third kappa shape index (κ3) is 7.37. The van der Waals surface area contributed by atoms with Gasteiger partial charge >= 0.3 is 12.2 Å². The molecular formula is C30H33ClN4O8. The van der Waals surface area contributed by atoms with Crippen LogP contribution in [0.15, 0.2) is 36.4 Å². The van der Waals surface area contributed by atoms with E-state index < -0.39 is 29.7 Å². The molecule has 43 heavy (non-hydrogen) atoms. The second kappa shape index (κ2) is 12.1. The van der Waals surface area contributed by atoms with Crippen LogP contribution >= 0.6 is 11.6 Å². The number of likely N-dealkylation sites (tertiary alicyclic amines) is 1. The molecule has 12 nitrogen and oxygen atoms in total. The van der Waals surface area contributed by atoms with Crippen LogP contribution in [0.25, 0.3) is 0 Å². The number of halogens is 1. The minimum absolute atomic E-state index is 0.0999. The van der Waals surface area contributed by atoms with E-state index >= 15 is 0 Å². The highest BCUT2D eigenvalue weighted by Gasteiger charge is 2.39. The number of fused-ring (bicyclic) bond motifs is 1. The molecule has 0 aliphatic carbocycles. The fourth-order valence-electron chi connectivity index (χ4n) is 5.21. The molecule has 2 saturated heterocycles. The molecular weight excluding hydrogens is 580 g/mol. The molecule has 0 radical (unpaired) electrons. The van der Waals surface area contributed by atoms with Crippen LogP contribution in [0.2, 0.25) is 5.02 Å². The Kier molecular flexibility index (Phi) is 8.50. The molecule has 228 valence electrons. The lowest BCUT2D eigenvalue weighted by Crippen LogP contribution is -2.52. The van der Waals surface area contributed by atoms with Crippen LogP contribution in [-0.2, 0) is 32.2 Å². The van der Waals surface area contributed by atoms with Crippen LogP contribution in [0.1, 0.15) is 61.5 Å². The van der Waals surface area contributed by atoms with E-state index in [9.17, 15) is 24.0 Å². The molecule has 0 saturated carbocycles. The van der Waals surface area contributed by atoms with Crippen molar-refractivity contribution in [1.82, 2.24) is 15.1 Å². The van der Waals surface area contributed by atoms with Gasteiger partial charge in [0.15, 0.2) is 0 Å². The second-order valence-electron chi connectivity index (χ2n) is 11.7. The molecule has 0 spiro atoms. The van der Waals surface area contributed by atoms with Gasteiger partial charge in [0.25, 0.3) is 5.91 Å². The first kappa shape index (κ1) is 30.1. The van der Waals surface area contributed by atoms with Gasteiger partial charge in [0.1, 0.15) is 30.1 Å². The average molecular weight is 613 g/mol. The van der Waals surface area contributed by atoms with Crippen LogP contribution in [-0.4, -0.2) is 70.5 Å². The fourth-order valence-corrected chi connectivity index (χ4v) is 5.43. The first-order valence-electron chi connectivity index (χ1n) is 14.0. The van der Waals surface area contributed by atoms with Crippen molar-refractivity contribution in [2.75, 3.05) is 18.4 Å². The van der Waals surface area contributed by atoms with E-state index in [4.69, 9.17) is 25.8 Å². The van der Waals surface area contributed by atoms with Crippen LogP contribution < -0.4 is 15.4 Å². The van der Waals surface area contributed by atoms with Gasteiger partial charge in [0.2, 0.25) is 11.8 Å². The van der Waals surface area contributed by atoms with Gasteiger partial charge in [-0.1, -0.05) is 23.7 Å². The van der Waals surface area contributed by atoms with Crippen molar-refractivity contribution in [2.45, 2.75) is 70.9 Å². The van der Waals surface area contributed by atoms with Gasteiger partial charge in [0.05, 0.1) is 6.54 Å². The Labute approximate surface area is 253 Å². The number of imide groups is 1. The topological polar surface area (TPSA) is 144 Å². The summed E-state index contributed by atoms with van der Waals surface area (Å²) in [4.78, 5) is 64.8. The standard InChI is InChI=1S/C30H33ClN4O8/c1-30(2,3)43-29(40)34-9-8-21(15-34)42-22-12-19(31)11-20(13-22)32-28(39)41-16-17-4-5-18-14-35(27(38)23(18)10-17)24-6-7-25(36)33-26(24)37/h4-5,10-13,21,24H,6-9,14-16H2,1-3H3,(H,32,39)(H,33,36,37). The third-order valence-corrected chi connectivity index (χ3v) is 7.40. The minimum Gasteiger partial charge on any atom is -0.488 e. The molecule has 2 atom stereocenters. The van der Waals surface area contributed by atoms with E-state index in [2.05, 4.69) is 10.6 Å². The molecule has 2 unspecified atom stereocenters. The molecule has 3 heterocycles. The molecule has 2 aromatic rings. The van der Waals surface area contributed by atoms with Crippen LogP contribution in [0.5, 0.6) is 5.75 Å². The number of carbonyl (C=O) groups excluding carboxylic acids is 5. The van der Waals surface area contributed by atoms with E-state index in [-0.39, 0.29) is 43.9 Å². The SMILES string of the molecule is CC(C)(C)OC(=O)N1CCC(Oc2cc(Cl)cc(NC(=O)OCc3ccc4c(c3)C(=O)N(C3CCC(=O)NC3=O)C4)c2)C1. The Morgan fingerprint density at radius 1 is 1.09 bits per heavy atom. The van der Waals surface area contributed by atoms with Crippen LogP contribution in [0, 0.1) is 0 Å². The largest absolute Gasteiger partial charge is 0.488 e. The lowest BCUT2D eigenvalue weighted by atomic mass is 10.0. The maximum absolute atomic E-state index is 13.0. The lowest BCUT2D eigenvalue weighted by molar-refractivity contribution is -0.136. The Morgan fingerprint density at radius 3 is 2.63 bits per heavy atom. The van der Waals surface area contributed by atoms with Gasteiger partial charge in [0, 0.05) is 48.3 Å². The Hall–Kier alpha value is -4.32. The average Bonchev–Trinajstić information content (AvgIpc) is 3.51. The summed E-state index contributed by atoms with van der Waals surface area (Å²) in [6, 6.07) is 9.24. The quantitative estimate of drug-likeness (QED) is 0.461. The summed E-state index contributed by atoms with van der Waals surface area (Å²) in [7, 11) is 0. The first-order valence-corrected chi connectivity index (χ1v) is 14.4. The highest BCUT2D eigenvalue weighted by atomic mass is 35.5. The summed E-state index contributed by atoms with van der Waals surface area (Å²) in [6.45, 7) is 6.46. The fraction of sp³-hybridized carbons (Fsp3) is 0.433. The summed E-state index contributed by atoms with van der Waals surface area (Å²) in [5.41, 5.74) is 1.55. The van der Waals surface area contributed by atoms with E-state index in [1.165, 1.54) is 4.90 Å². The summed E-state index contributed by atoms with van der Waals surface area (Å²) in [6.07, 6.45) is -0.318. The van der Waals surface area contributed by atoms with E-state index in [0.717, 1.165) is 5.56 Å². The number of piperidine rings is 1. The van der Waals surface area contributed by atoms with Crippen molar-refractivity contribution in [3.05, 3.63) is 58.1 Å². The monoisotopic (exact) mass is 612 g/mol. The highest BCUT2D eigenvalue weighted by Crippen LogP contribution is 2.30. The number of nitrogens with one attached hydrogen (secondary N) is 2. The summed E-state index contributed by atoms with van der Waals surface area (Å²) < 4.78 is 16.8. The number of hydrogen-bond acceptors (Lipinski definition) is 8. The van der Waals surface area contributed by atoms with E-state index in [1.54, 1.807) is 41.3 Å². The van der Waals surface area contributed by atoms with Gasteiger partial charge in [-0.2, -0.15) is 0 Å². The third-order valence-electron chi connectivity index (χ3n) is 7.18. The molecule has 2 fully saturated rings. The summed E-state index contributed by atoms with van der Waals surface area (Å²) in [5, 5.41) is 5.26. The van der Waals surface area contributed by atoms with Crippen molar-refractivity contribution in [3.8, 4) is 5.75 Å². The molecule has 3 aliphatic heterocycles. The van der Waals surface area contributed by atoms with Crippen molar-refractivity contribution < 1.29 is 38.2 Å². The van der Waals surface area contributed by atoms with Gasteiger partial charge < -0.3 is 24.0 Å². The van der Waals surface area contributed by atoms with E-state index in [0.29, 0.717) is 47.1 Å². The number of hydrogen-bond donors (Lipinski definition) is 2. The van der Waals surface area contributed by atoms with Gasteiger partial charge in [-0.05, 0) is 56.5 Å². The predicted molar refractivity (Wildman–Crippen MR) is 155 cm³/mol. The number of carbonyl (C=O) groups is 5. The Balaban J connectivity index is 1.14. The Morgan fingerprint density at radius 2 is 1.88 bits per heavy atom. The molecule has 5 rings (SSSR count). The molecule has 3 aliphatic rings. The van der Waals surface area contributed by atoms with Crippen molar-refractivity contribution in [1.29, 1.82) is 0 Å². The first-order chi connectivity index (χ1) is 20.3. The predicted octanol–water partition coefficient (Wildman–Crippen LogP) is 4.24. The van der Waals surface area contributed by atoms with Crippen molar-refractivity contribution in [2.24, 2.45) is 0 Å². The minimum atomic E-state index is -0.734. The zero-order chi connectivity index (χ0) is 30.9. The maximum Gasteiger partial charge on any atom is 0.411 e. The molecule has 2 N–H and O–H groups in total. The maximum atomic E-state index is 13.0. The van der Waals surface area contributed by atoms with Crippen molar-refractivity contribution in [3.63, 3.8) is 0 Å². The zero-order valence-corrected chi connectivity index (χ0v) is 24.9. The zero-order valence-electron chi connectivity index (χ0n) is 24.1. The van der Waals surface area contributed by atoms with Crippen LogP contribution in [0.3, 0.4) is 0 Å². The lowest BCUT2D eigenvalue weighted by Gasteiger charge is -2.29. The number of ether oxygens (including phenoxy) is 3. The molecule has 5 amide bonds. The molecule has 2 aromatic carbocycles. The number of rotatable bonds is 6. The number of anilines is 1. The number of benzene rings is 2. The smallest absolute Gasteiger partial charge is 0.411 e. The van der Waals surface area contributed by atoms with Gasteiger partial charge in [-0.3, -0.25) is 25.0 Å². The van der Waals surface area contributed by atoms with E-state index in [1.807, 2.05) is 20.8 Å². The molecule has 0 bridgehead atoms. The summed E-state index contributed by atoms with van der Waals surface area (Å²) in [5.74, 6) is -0.696. The summed E-state index contributed by atoms with van der Waals surface area (Å²) >= 11 is 6.26. The van der Waals surface area contributed by atoms with Gasteiger partial charge in [-0.25, -0.2) is 9.59 Å². The number of amides is 5. The van der Waals surface area contributed by atoms with Crippen molar-refractivity contribution >= 4 is 47.2 Å². The molecule has 0 aromatic heterocycles. The second-order valence-corrected chi connectivity index (χ2v) is 12.2. The normalized spacial score (nSPS) is 20.0. The Bertz CT molecular complexity index is 1470. The molecule has 13 heteroatoms.